The maximum absolute atomic E-state index is 11.2. The van der Waals surface area contributed by atoms with Crippen LogP contribution in [0.2, 0.25) is 0 Å². The van der Waals surface area contributed by atoms with Gasteiger partial charge in [0.2, 0.25) is 0 Å². The molecule has 0 bridgehead atoms. The Morgan fingerprint density at radius 1 is 1.11 bits per heavy atom. The summed E-state index contributed by atoms with van der Waals surface area (Å²) in [4.78, 5) is 11.2. The van der Waals surface area contributed by atoms with Crippen LogP contribution in [0.1, 0.15) is 15.9 Å². The highest BCUT2D eigenvalue weighted by molar-refractivity contribution is 5.92. The van der Waals surface area contributed by atoms with Crippen molar-refractivity contribution >= 4 is 22.9 Å². The van der Waals surface area contributed by atoms with E-state index in [9.17, 15) is 15.2 Å². The van der Waals surface area contributed by atoms with Gasteiger partial charge in [-0.25, -0.2) is 9.31 Å². The van der Waals surface area contributed by atoms with Crippen molar-refractivity contribution in [2.24, 2.45) is 0 Å². The first kappa shape index (κ1) is 17.1. The molecule has 0 aliphatic heterocycles. The highest BCUT2D eigenvalue weighted by Gasteiger charge is 2.14. The van der Waals surface area contributed by atoms with Gasteiger partial charge in [-0.2, -0.15) is 10.4 Å². The predicted molar refractivity (Wildman–Crippen MR) is 103 cm³/mol. The van der Waals surface area contributed by atoms with Crippen LogP contribution in [0, 0.1) is 11.3 Å². The molecule has 2 aromatic heterocycles. The number of rotatable bonds is 5. The van der Waals surface area contributed by atoms with E-state index in [0.717, 1.165) is 11.4 Å². The summed E-state index contributed by atoms with van der Waals surface area (Å²) in [5.74, 6) is 0.352. The Hall–Kier alpha value is -4.31. The Morgan fingerprint density at radius 3 is 2.50 bits per heavy atom. The third-order valence-electron chi connectivity index (χ3n) is 4.11. The molecule has 0 aliphatic rings. The van der Waals surface area contributed by atoms with E-state index in [2.05, 4.69) is 16.5 Å². The van der Waals surface area contributed by atoms with Crippen LogP contribution in [-0.4, -0.2) is 20.7 Å². The lowest BCUT2D eigenvalue weighted by atomic mass is 10.2. The predicted octanol–water partition coefficient (Wildman–Crippen LogP) is 4.44. The molecular formula is C21H14N4O3. The smallest absolute Gasteiger partial charge is 0.337 e. The topological polar surface area (TPSA) is 99.7 Å². The van der Waals surface area contributed by atoms with Gasteiger partial charge in [-0.15, -0.1) is 0 Å². The van der Waals surface area contributed by atoms with Crippen molar-refractivity contribution in [2.75, 3.05) is 5.32 Å². The molecule has 2 aromatic carbocycles. The number of anilines is 2. The van der Waals surface area contributed by atoms with Gasteiger partial charge in [-0.1, -0.05) is 18.2 Å². The first-order valence-electron chi connectivity index (χ1n) is 8.39. The Balaban J connectivity index is 1.64. The van der Waals surface area contributed by atoms with Crippen molar-refractivity contribution in [3.05, 3.63) is 84.2 Å². The minimum absolute atomic E-state index is 0.0947. The van der Waals surface area contributed by atoms with Gasteiger partial charge in [0.25, 0.3) is 0 Å². The number of carboxylic acid groups (broad SMARTS) is 1. The highest BCUT2D eigenvalue weighted by Crippen LogP contribution is 2.28. The molecule has 0 saturated carbocycles. The minimum atomic E-state index is -1.06. The second kappa shape index (κ2) is 7.13. The molecule has 0 fully saturated rings. The van der Waals surface area contributed by atoms with Crippen LogP contribution < -0.4 is 10.1 Å². The largest absolute Gasteiger partial charge is 0.478 e. The van der Waals surface area contributed by atoms with E-state index in [1.54, 1.807) is 12.1 Å². The number of ether oxygens (including phenoxy) is 1. The SMILES string of the molecule is N#Cc1cnn2cc(C(=O)O)cc2c1Nc1ccc(Oc2ccccc2)cc1. The summed E-state index contributed by atoms with van der Waals surface area (Å²) in [6.45, 7) is 0. The molecule has 4 aromatic rings. The quantitative estimate of drug-likeness (QED) is 0.539. The normalized spacial score (nSPS) is 10.4. The van der Waals surface area contributed by atoms with Crippen molar-refractivity contribution in [3.8, 4) is 17.6 Å². The fourth-order valence-corrected chi connectivity index (χ4v) is 2.77. The van der Waals surface area contributed by atoms with E-state index < -0.39 is 5.97 Å². The summed E-state index contributed by atoms with van der Waals surface area (Å²) in [6.07, 6.45) is 2.80. The molecule has 0 amide bonds. The second-order valence-corrected chi connectivity index (χ2v) is 5.97. The Morgan fingerprint density at radius 2 is 1.82 bits per heavy atom. The van der Waals surface area contributed by atoms with Gasteiger partial charge in [-0.3, -0.25) is 0 Å². The zero-order valence-electron chi connectivity index (χ0n) is 14.5. The molecular weight excluding hydrogens is 356 g/mol. The van der Waals surface area contributed by atoms with Gasteiger partial charge in [0.15, 0.2) is 0 Å². The maximum Gasteiger partial charge on any atom is 0.337 e. The number of benzene rings is 2. The van der Waals surface area contributed by atoms with Crippen molar-refractivity contribution < 1.29 is 14.6 Å². The summed E-state index contributed by atoms with van der Waals surface area (Å²) in [5, 5.41) is 25.9. The number of carboxylic acids is 1. The Bertz CT molecular complexity index is 1190. The number of aromatic nitrogens is 2. The molecule has 0 aliphatic carbocycles. The average Bonchev–Trinajstić information content (AvgIpc) is 3.16. The van der Waals surface area contributed by atoms with Crippen LogP contribution in [0.25, 0.3) is 5.52 Å². The molecule has 7 heteroatoms. The monoisotopic (exact) mass is 370 g/mol. The van der Waals surface area contributed by atoms with E-state index in [-0.39, 0.29) is 5.56 Å². The third kappa shape index (κ3) is 3.34. The van der Waals surface area contributed by atoms with Crippen molar-refractivity contribution in [3.63, 3.8) is 0 Å². The molecule has 0 atom stereocenters. The van der Waals surface area contributed by atoms with E-state index in [1.165, 1.54) is 23.0 Å². The molecule has 2 N–H and O–H groups in total. The molecule has 0 spiro atoms. The van der Waals surface area contributed by atoms with Gasteiger partial charge in [0, 0.05) is 11.9 Å². The number of nitriles is 1. The fourth-order valence-electron chi connectivity index (χ4n) is 2.77. The molecule has 7 nitrogen and oxygen atoms in total. The first-order chi connectivity index (χ1) is 13.6. The lowest BCUT2D eigenvalue weighted by Gasteiger charge is -2.11. The van der Waals surface area contributed by atoms with Crippen molar-refractivity contribution in [1.29, 1.82) is 5.26 Å². The molecule has 0 unspecified atom stereocenters. The zero-order valence-corrected chi connectivity index (χ0v) is 14.5. The van der Waals surface area contributed by atoms with Gasteiger partial charge in [0.05, 0.1) is 28.5 Å². The van der Waals surface area contributed by atoms with Crippen LogP contribution in [0.5, 0.6) is 11.5 Å². The van der Waals surface area contributed by atoms with E-state index in [1.807, 2.05) is 42.5 Å². The number of nitrogens with zero attached hydrogens (tertiary/aromatic N) is 3. The van der Waals surface area contributed by atoms with Crippen LogP contribution in [0.3, 0.4) is 0 Å². The number of fused-ring (bicyclic) bond motifs is 1. The van der Waals surface area contributed by atoms with E-state index in [4.69, 9.17) is 4.74 Å². The first-order valence-corrected chi connectivity index (χ1v) is 8.39. The van der Waals surface area contributed by atoms with E-state index >= 15 is 0 Å². The molecule has 0 saturated heterocycles. The summed E-state index contributed by atoms with van der Waals surface area (Å²) >= 11 is 0. The van der Waals surface area contributed by atoms with Gasteiger partial charge in [0.1, 0.15) is 17.6 Å². The third-order valence-corrected chi connectivity index (χ3v) is 4.11. The summed E-state index contributed by atoms with van der Waals surface area (Å²) in [5.41, 5.74) is 2.12. The van der Waals surface area contributed by atoms with Crippen LogP contribution in [0.4, 0.5) is 11.4 Å². The van der Waals surface area contributed by atoms with Crippen molar-refractivity contribution in [1.82, 2.24) is 9.61 Å². The summed E-state index contributed by atoms with van der Waals surface area (Å²) in [6, 6.07) is 20.2. The van der Waals surface area contributed by atoms with Crippen LogP contribution >= 0.6 is 0 Å². The van der Waals surface area contributed by atoms with Gasteiger partial charge >= 0.3 is 5.97 Å². The number of carbonyl (C=O) groups is 1. The number of nitrogens with one attached hydrogen (secondary N) is 1. The summed E-state index contributed by atoms with van der Waals surface area (Å²) in [7, 11) is 0. The minimum Gasteiger partial charge on any atom is -0.478 e. The number of hydrogen-bond acceptors (Lipinski definition) is 5. The molecule has 4 rings (SSSR count). The summed E-state index contributed by atoms with van der Waals surface area (Å²) < 4.78 is 7.20. The molecule has 28 heavy (non-hydrogen) atoms. The van der Waals surface area contributed by atoms with Crippen LogP contribution in [-0.2, 0) is 0 Å². The molecule has 2 heterocycles. The molecule has 0 radical (unpaired) electrons. The van der Waals surface area contributed by atoms with Crippen molar-refractivity contribution in [2.45, 2.75) is 0 Å². The lowest BCUT2D eigenvalue weighted by molar-refractivity contribution is 0.0697. The van der Waals surface area contributed by atoms with E-state index in [0.29, 0.717) is 22.5 Å². The van der Waals surface area contributed by atoms with Gasteiger partial charge < -0.3 is 15.2 Å². The Kier molecular flexibility index (Phi) is 4.36. The Labute approximate surface area is 160 Å². The number of hydrogen-bond donors (Lipinski definition) is 2. The fraction of sp³-hybridized carbons (Fsp3) is 0. The van der Waals surface area contributed by atoms with Crippen LogP contribution in [0.15, 0.2) is 73.1 Å². The average molecular weight is 370 g/mol. The highest BCUT2D eigenvalue weighted by atomic mass is 16.5. The zero-order chi connectivity index (χ0) is 19.5. The molecule has 136 valence electrons. The number of aromatic carboxylic acids is 1. The van der Waals surface area contributed by atoms with Gasteiger partial charge in [-0.05, 0) is 42.5 Å². The maximum atomic E-state index is 11.2. The second-order valence-electron chi connectivity index (χ2n) is 5.97. The lowest BCUT2D eigenvalue weighted by Crippen LogP contribution is -2.00. The number of para-hydroxylation sites is 1. The standard InChI is InChI=1S/C21H14N4O3/c22-11-15-12-23-25-13-14(21(26)27)10-19(25)20(15)24-16-6-8-18(9-7-16)28-17-4-2-1-3-5-17/h1-10,12-13,24H,(H,26,27).